The summed E-state index contributed by atoms with van der Waals surface area (Å²) in [6.45, 7) is 0. The Balaban J connectivity index is 1.10. The van der Waals surface area contributed by atoms with Crippen LogP contribution in [0, 0.1) is 0 Å². The first kappa shape index (κ1) is 34.9. The van der Waals surface area contributed by atoms with E-state index in [1.165, 1.54) is 0 Å². The molecular weight excluding hydrogens is 711 g/mol. The zero-order chi connectivity index (χ0) is 38.7. The van der Waals surface area contributed by atoms with Crippen LogP contribution in [-0.4, -0.2) is 26.5 Å². The van der Waals surface area contributed by atoms with Gasteiger partial charge < -0.3 is 4.42 Å². The molecule has 0 saturated heterocycles. The van der Waals surface area contributed by atoms with Crippen molar-refractivity contribution in [1.82, 2.24) is 15.0 Å². The Morgan fingerprint density at radius 1 is 0.379 bits per heavy atom. The predicted octanol–water partition coefficient (Wildman–Crippen LogP) is 12.9. The number of nitrogens with zero attached hydrogens (tertiary/aromatic N) is 5. The number of hydrogen-bond donors (Lipinski definition) is 0. The van der Waals surface area contributed by atoms with Crippen molar-refractivity contribution in [3.05, 3.63) is 205 Å². The number of aliphatic imine (C=N–C) groups is 2. The first-order valence-corrected chi connectivity index (χ1v) is 19.6. The summed E-state index contributed by atoms with van der Waals surface area (Å²) in [4.78, 5) is 25.8. The van der Waals surface area contributed by atoms with E-state index >= 15 is 0 Å². The number of aromatic nitrogens is 3. The van der Waals surface area contributed by atoms with E-state index in [0.717, 1.165) is 97.1 Å². The molecule has 0 N–H and O–H groups in total. The van der Waals surface area contributed by atoms with E-state index in [1.54, 1.807) is 0 Å². The van der Waals surface area contributed by atoms with Crippen LogP contribution in [0.5, 0.6) is 0 Å². The SMILES string of the molecule is C1=C(c2cccc(-c3nc(-c4ccccc4)nc(-c4ccccc4)n3)c2)/N=C(c2cccc(-c3ccccc3)c2)\N=C(\c2ccc3c(c2)oc2ccccc23)CCC\1. The number of para-hydroxylation sites is 1. The maximum absolute atomic E-state index is 6.32. The zero-order valence-corrected chi connectivity index (χ0v) is 31.7. The molecule has 6 heteroatoms. The summed E-state index contributed by atoms with van der Waals surface area (Å²) in [5.74, 6) is 2.49. The third-order valence-corrected chi connectivity index (χ3v) is 10.5. The Bertz CT molecular complexity index is 2960. The third kappa shape index (κ3) is 7.15. The van der Waals surface area contributed by atoms with Gasteiger partial charge in [-0.3, -0.25) is 0 Å². The van der Waals surface area contributed by atoms with Gasteiger partial charge in [0.25, 0.3) is 0 Å². The Hall–Kier alpha value is -7.57. The fourth-order valence-electron chi connectivity index (χ4n) is 7.53. The van der Waals surface area contributed by atoms with Crippen LogP contribution in [0.1, 0.15) is 36.0 Å². The molecule has 1 aliphatic heterocycles. The van der Waals surface area contributed by atoms with Gasteiger partial charge in [-0.2, -0.15) is 0 Å². The van der Waals surface area contributed by atoms with Gasteiger partial charge >= 0.3 is 0 Å². The number of benzene rings is 7. The molecule has 10 rings (SSSR count). The summed E-state index contributed by atoms with van der Waals surface area (Å²) in [6.07, 6.45) is 4.75. The maximum atomic E-state index is 6.32. The van der Waals surface area contributed by atoms with Crippen LogP contribution >= 0.6 is 0 Å². The second kappa shape index (κ2) is 15.5. The van der Waals surface area contributed by atoms with Gasteiger partial charge in [-0.25, -0.2) is 24.9 Å². The van der Waals surface area contributed by atoms with E-state index in [-0.39, 0.29) is 0 Å². The number of rotatable bonds is 7. The van der Waals surface area contributed by atoms with Crippen LogP contribution in [-0.2, 0) is 0 Å². The molecule has 0 amide bonds. The largest absolute Gasteiger partial charge is 0.456 e. The quantitative estimate of drug-likeness (QED) is 0.163. The van der Waals surface area contributed by atoms with Gasteiger partial charge in [0, 0.05) is 38.6 Å². The fraction of sp³-hybridized carbons (Fsp3) is 0.0577. The predicted molar refractivity (Wildman–Crippen MR) is 237 cm³/mol. The number of hydrogen-bond acceptors (Lipinski definition) is 6. The topological polar surface area (TPSA) is 76.5 Å². The van der Waals surface area contributed by atoms with Crippen molar-refractivity contribution < 1.29 is 4.42 Å². The molecular formula is C52H37N5O. The van der Waals surface area contributed by atoms with Crippen LogP contribution < -0.4 is 0 Å². The molecule has 276 valence electrons. The molecule has 0 bridgehead atoms. The summed E-state index contributed by atoms with van der Waals surface area (Å²) >= 11 is 0. The maximum Gasteiger partial charge on any atom is 0.164 e. The van der Waals surface area contributed by atoms with Crippen molar-refractivity contribution in [1.29, 1.82) is 0 Å². The second-order valence-corrected chi connectivity index (χ2v) is 14.4. The molecule has 1 aliphatic rings. The summed E-state index contributed by atoms with van der Waals surface area (Å²) in [5.41, 5.74) is 11.5. The highest BCUT2D eigenvalue weighted by Crippen LogP contribution is 2.32. The standard InChI is InChI=1S/C52H37N5O/c1-4-16-35(17-5-1)38-22-14-24-41(32-38)51-53-45(27-11-12-28-46(54-51)40-30-31-44-43-26-10-13-29-47(43)58-48(44)34-40)39-23-15-25-42(33-39)52-56-49(36-18-6-2-7-19-36)55-50(57-52)37-20-8-3-9-21-37/h1-10,13-27,29-34H,11-12,28H2/b45-27-,53-51-,54-46+. The fourth-order valence-corrected chi connectivity index (χ4v) is 7.53. The van der Waals surface area contributed by atoms with Gasteiger partial charge in [-0.15, -0.1) is 0 Å². The first-order chi connectivity index (χ1) is 28.7. The van der Waals surface area contributed by atoms with Crippen molar-refractivity contribution >= 4 is 39.2 Å². The van der Waals surface area contributed by atoms with Crippen molar-refractivity contribution in [2.24, 2.45) is 9.98 Å². The lowest BCUT2D eigenvalue weighted by Gasteiger charge is -2.11. The van der Waals surface area contributed by atoms with E-state index in [1.807, 2.05) is 84.9 Å². The normalized spacial score (nSPS) is 16.0. The zero-order valence-electron chi connectivity index (χ0n) is 31.7. The molecule has 0 unspecified atom stereocenters. The average molecular weight is 748 g/mol. The van der Waals surface area contributed by atoms with Crippen LogP contribution in [0.2, 0.25) is 0 Å². The minimum absolute atomic E-state index is 0.597. The molecule has 0 aliphatic carbocycles. The van der Waals surface area contributed by atoms with E-state index in [9.17, 15) is 0 Å². The Labute approximate surface area is 336 Å². The van der Waals surface area contributed by atoms with Crippen molar-refractivity contribution in [2.45, 2.75) is 19.3 Å². The lowest BCUT2D eigenvalue weighted by Crippen LogP contribution is -2.07. The minimum Gasteiger partial charge on any atom is -0.456 e. The molecule has 7 aromatic carbocycles. The van der Waals surface area contributed by atoms with E-state index in [0.29, 0.717) is 23.3 Å². The van der Waals surface area contributed by atoms with E-state index in [2.05, 4.69) is 103 Å². The van der Waals surface area contributed by atoms with Gasteiger partial charge in [0.15, 0.2) is 23.3 Å². The third-order valence-electron chi connectivity index (χ3n) is 10.5. The van der Waals surface area contributed by atoms with Crippen molar-refractivity contribution in [2.75, 3.05) is 0 Å². The highest BCUT2D eigenvalue weighted by atomic mass is 16.3. The van der Waals surface area contributed by atoms with Crippen LogP contribution in [0.4, 0.5) is 0 Å². The molecule has 6 nitrogen and oxygen atoms in total. The van der Waals surface area contributed by atoms with Crippen LogP contribution in [0.25, 0.3) is 72.9 Å². The monoisotopic (exact) mass is 747 g/mol. The number of furan rings is 1. The van der Waals surface area contributed by atoms with Crippen LogP contribution in [0.15, 0.2) is 202 Å². The lowest BCUT2D eigenvalue weighted by molar-refractivity contribution is 0.669. The minimum atomic E-state index is 0.597. The smallest absolute Gasteiger partial charge is 0.164 e. The molecule has 58 heavy (non-hydrogen) atoms. The molecule has 0 atom stereocenters. The lowest BCUT2D eigenvalue weighted by atomic mass is 10.0. The molecule has 0 spiro atoms. The van der Waals surface area contributed by atoms with Crippen LogP contribution in [0.3, 0.4) is 0 Å². The summed E-state index contributed by atoms with van der Waals surface area (Å²) < 4.78 is 6.32. The summed E-state index contributed by atoms with van der Waals surface area (Å²) in [7, 11) is 0. The summed E-state index contributed by atoms with van der Waals surface area (Å²) in [5, 5.41) is 2.21. The first-order valence-electron chi connectivity index (χ1n) is 19.6. The van der Waals surface area contributed by atoms with E-state index < -0.39 is 0 Å². The van der Waals surface area contributed by atoms with E-state index in [4.69, 9.17) is 29.4 Å². The molecule has 2 aromatic heterocycles. The second-order valence-electron chi connectivity index (χ2n) is 14.4. The van der Waals surface area contributed by atoms with Crippen molar-refractivity contribution in [3.63, 3.8) is 0 Å². The highest BCUT2D eigenvalue weighted by Gasteiger charge is 2.17. The van der Waals surface area contributed by atoms with Gasteiger partial charge in [-0.1, -0.05) is 158 Å². The Morgan fingerprint density at radius 2 is 0.931 bits per heavy atom. The van der Waals surface area contributed by atoms with Gasteiger partial charge in [-0.05, 0) is 66.3 Å². The number of fused-ring (bicyclic) bond motifs is 3. The Kier molecular flexibility index (Phi) is 9.34. The summed E-state index contributed by atoms with van der Waals surface area (Å²) in [6, 6.07) is 62.0. The van der Waals surface area contributed by atoms with Gasteiger partial charge in [0.05, 0.1) is 11.4 Å². The Morgan fingerprint density at radius 3 is 1.66 bits per heavy atom. The number of allylic oxidation sites excluding steroid dienone is 1. The number of amidine groups is 1. The highest BCUT2D eigenvalue weighted by molar-refractivity contribution is 6.15. The molecule has 0 radical (unpaired) electrons. The van der Waals surface area contributed by atoms with Crippen molar-refractivity contribution in [3.8, 4) is 45.3 Å². The molecule has 3 heterocycles. The molecule has 0 saturated carbocycles. The van der Waals surface area contributed by atoms with Gasteiger partial charge in [0.2, 0.25) is 0 Å². The van der Waals surface area contributed by atoms with Gasteiger partial charge in [0.1, 0.15) is 11.2 Å². The molecule has 9 aromatic rings. The molecule has 0 fully saturated rings. The average Bonchev–Trinajstić information content (AvgIpc) is 3.72.